The molecule has 1 heterocycles. The van der Waals surface area contributed by atoms with Gasteiger partial charge in [-0.1, -0.05) is 0 Å². The summed E-state index contributed by atoms with van der Waals surface area (Å²) in [5.74, 6) is -12.3. The Labute approximate surface area is 184 Å². The van der Waals surface area contributed by atoms with Crippen molar-refractivity contribution in [1.82, 2.24) is 10.5 Å². The zero-order valence-corrected chi connectivity index (χ0v) is 17.2. The Morgan fingerprint density at radius 3 is 2.23 bits per heavy atom. The molecule has 5 nitrogen and oxygen atoms in total. The van der Waals surface area contributed by atoms with Crippen LogP contribution in [0.3, 0.4) is 0 Å². The van der Waals surface area contributed by atoms with E-state index in [0.29, 0.717) is 3.57 Å². The van der Waals surface area contributed by atoms with Gasteiger partial charge >= 0.3 is 0 Å². The van der Waals surface area contributed by atoms with Crippen LogP contribution in [0.5, 0.6) is 0 Å². The van der Waals surface area contributed by atoms with E-state index in [-0.39, 0.29) is 16.9 Å². The first kappa shape index (κ1) is 22.8. The highest BCUT2D eigenvalue weighted by molar-refractivity contribution is 14.1. The maximum atomic E-state index is 14.1. The van der Waals surface area contributed by atoms with Gasteiger partial charge in [-0.25, -0.2) is 31.8 Å². The van der Waals surface area contributed by atoms with E-state index < -0.39 is 53.0 Å². The summed E-state index contributed by atoms with van der Waals surface area (Å²) in [5, 5.41) is 2.68. The van der Waals surface area contributed by atoms with Gasteiger partial charge in [0, 0.05) is 9.77 Å². The van der Waals surface area contributed by atoms with E-state index in [1.54, 1.807) is 6.07 Å². The summed E-state index contributed by atoms with van der Waals surface area (Å²) in [6.07, 6.45) is 2.46. The highest BCUT2D eigenvalue weighted by Crippen LogP contribution is 2.25. The van der Waals surface area contributed by atoms with Crippen molar-refractivity contribution in [3.8, 4) is 0 Å². The summed E-state index contributed by atoms with van der Waals surface area (Å²) in [4.78, 5) is 20.8. The molecule has 31 heavy (non-hydrogen) atoms. The summed E-state index contributed by atoms with van der Waals surface area (Å²) in [6.45, 7) is -1.14. The number of hydrogen-bond acceptors (Lipinski definition) is 4. The summed E-state index contributed by atoms with van der Waals surface area (Å²) >= 11 is 1.92. The quantitative estimate of drug-likeness (QED) is 0.146. The SMILES string of the molecule is O=C(NOCc1c(F)c(F)c(F)c(F)c1F)c1ccncc1Nc1ccc(I)cc1F. The monoisotopic (exact) mass is 553 g/mol. The molecule has 0 spiro atoms. The predicted molar refractivity (Wildman–Crippen MR) is 105 cm³/mol. The molecule has 0 aliphatic heterocycles. The van der Waals surface area contributed by atoms with Crippen LogP contribution in [-0.4, -0.2) is 10.9 Å². The summed E-state index contributed by atoms with van der Waals surface area (Å²) in [5.41, 5.74) is 0.596. The number of hydroxylamine groups is 1. The topological polar surface area (TPSA) is 63.2 Å². The van der Waals surface area contributed by atoms with Gasteiger partial charge in [-0.05, 0) is 46.9 Å². The highest BCUT2D eigenvalue weighted by Gasteiger charge is 2.26. The molecular weight excluding hydrogens is 543 g/mol. The Morgan fingerprint density at radius 1 is 0.935 bits per heavy atom. The zero-order valence-electron chi connectivity index (χ0n) is 15.1. The first-order chi connectivity index (χ1) is 14.7. The molecule has 0 saturated carbocycles. The van der Waals surface area contributed by atoms with Crippen LogP contribution >= 0.6 is 22.6 Å². The Hall–Kier alpha value is -2.87. The minimum Gasteiger partial charge on any atom is -0.351 e. The molecule has 12 heteroatoms. The van der Waals surface area contributed by atoms with Gasteiger partial charge in [0.2, 0.25) is 5.82 Å². The molecule has 3 aromatic rings. The number of hydrogen-bond donors (Lipinski definition) is 2. The van der Waals surface area contributed by atoms with Crippen LogP contribution in [0.25, 0.3) is 0 Å². The van der Waals surface area contributed by atoms with Gasteiger partial charge in [0.05, 0.1) is 28.7 Å². The molecule has 2 aromatic carbocycles. The van der Waals surface area contributed by atoms with Crippen molar-refractivity contribution in [2.24, 2.45) is 0 Å². The zero-order chi connectivity index (χ0) is 22.7. The summed E-state index contributed by atoms with van der Waals surface area (Å²) < 4.78 is 81.5. The molecule has 162 valence electrons. The molecule has 1 aromatic heterocycles. The van der Waals surface area contributed by atoms with Crippen LogP contribution in [0, 0.1) is 38.5 Å². The third-order valence-corrected chi connectivity index (χ3v) is 4.62. The van der Waals surface area contributed by atoms with Crippen molar-refractivity contribution in [2.45, 2.75) is 6.61 Å². The molecule has 0 saturated heterocycles. The average molecular weight is 553 g/mol. The lowest BCUT2D eigenvalue weighted by atomic mass is 10.2. The van der Waals surface area contributed by atoms with E-state index in [1.165, 1.54) is 30.6 Å². The van der Waals surface area contributed by atoms with E-state index >= 15 is 0 Å². The maximum Gasteiger partial charge on any atom is 0.277 e. The fraction of sp³-hybridized carbons (Fsp3) is 0.0526. The van der Waals surface area contributed by atoms with Crippen LogP contribution in [-0.2, 0) is 11.4 Å². The molecule has 0 bridgehead atoms. The fourth-order valence-electron chi connectivity index (χ4n) is 2.43. The average Bonchev–Trinajstić information content (AvgIpc) is 2.75. The second-order valence-electron chi connectivity index (χ2n) is 5.94. The number of halogens is 7. The first-order valence-electron chi connectivity index (χ1n) is 8.29. The largest absolute Gasteiger partial charge is 0.351 e. The molecule has 0 aliphatic rings. The maximum absolute atomic E-state index is 14.1. The van der Waals surface area contributed by atoms with Crippen molar-refractivity contribution in [1.29, 1.82) is 0 Å². The van der Waals surface area contributed by atoms with E-state index in [1.807, 2.05) is 28.1 Å². The van der Waals surface area contributed by atoms with Crippen LogP contribution < -0.4 is 10.8 Å². The highest BCUT2D eigenvalue weighted by atomic mass is 127. The molecule has 2 N–H and O–H groups in total. The molecule has 0 atom stereocenters. The fourth-order valence-corrected chi connectivity index (χ4v) is 2.89. The van der Waals surface area contributed by atoms with E-state index in [9.17, 15) is 31.1 Å². The van der Waals surface area contributed by atoms with Crippen molar-refractivity contribution >= 4 is 39.9 Å². The third kappa shape index (κ3) is 4.90. The molecule has 0 radical (unpaired) electrons. The first-order valence-corrected chi connectivity index (χ1v) is 9.37. The second-order valence-corrected chi connectivity index (χ2v) is 7.18. The predicted octanol–water partition coefficient (Wildman–Crippen LogP) is 5.13. The summed E-state index contributed by atoms with van der Waals surface area (Å²) in [7, 11) is 0. The number of carbonyl (C=O) groups is 1. The lowest BCUT2D eigenvalue weighted by Gasteiger charge is -2.13. The molecule has 1 amide bonds. The second kappa shape index (κ2) is 9.51. The number of carbonyl (C=O) groups excluding carboxylic acids is 1. The van der Waals surface area contributed by atoms with Crippen molar-refractivity contribution in [3.63, 3.8) is 0 Å². The van der Waals surface area contributed by atoms with Crippen LogP contribution in [0.4, 0.5) is 37.7 Å². The number of pyridine rings is 1. The van der Waals surface area contributed by atoms with Gasteiger partial charge in [-0.15, -0.1) is 0 Å². The Kier molecular flexibility index (Phi) is 7.00. The normalized spacial score (nSPS) is 10.8. The van der Waals surface area contributed by atoms with Gasteiger partial charge in [0.25, 0.3) is 5.91 Å². The van der Waals surface area contributed by atoms with Crippen LogP contribution in [0.2, 0.25) is 0 Å². The minimum absolute atomic E-state index is 0.0461. The lowest BCUT2D eigenvalue weighted by molar-refractivity contribution is 0.0208. The van der Waals surface area contributed by atoms with Crippen molar-refractivity contribution < 1.29 is 36.0 Å². The van der Waals surface area contributed by atoms with Gasteiger partial charge < -0.3 is 5.32 Å². The molecule has 0 aliphatic carbocycles. The summed E-state index contributed by atoms with van der Waals surface area (Å²) in [6, 6.07) is 5.55. The smallest absolute Gasteiger partial charge is 0.277 e. The Morgan fingerprint density at radius 2 is 1.58 bits per heavy atom. The van der Waals surface area contributed by atoms with Gasteiger partial charge in [-0.3, -0.25) is 14.6 Å². The number of benzene rings is 2. The number of amides is 1. The Bertz CT molecular complexity index is 1130. The van der Waals surface area contributed by atoms with Crippen molar-refractivity contribution in [3.05, 3.63) is 86.3 Å². The molecule has 0 unspecified atom stereocenters. The van der Waals surface area contributed by atoms with Crippen LogP contribution in [0.1, 0.15) is 15.9 Å². The number of rotatable bonds is 6. The van der Waals surface area contributed by atoms with E-state index in [2.05, 4.69) is 15.1 Å². The van der Waals surface area contributed by atoms with Gasteiger partial charge in [-0.2, -0.15) is 0 Å². The third-order valence-electron chi connectivity index (χ3n) is 3.95. The number of nitrogens with one attached hydrogen (secondary N) is 2. The van der Waals surface area contributed by atoms with Gasteiger partial charge in [0.15, 0.2) is 23.3 Å². The minimum atomic E-state index is -2.31. The van der Waals surface area contributed by atoms with E-state index in [4.69, 9.17) is 0 Å². The number of aromatic nitrogens is 1. The number of nitrogens with zero attached hydrogens (tertiary/aromatic N) is 1. The van der Waals surface area contributed by atoms with E-state index in [0.717, 1.165) is 0 Å². The molecule has 0 fully saturated rings. The Balaban J connectivity index is 1.74. The standard InChI is InChI=1S/C19H10F6IN3O2/c20-11-5-8(26)1-2-12(11)28-13-6-27-4-3-9(13)19(30)29-31-7-10-14(21)16(23)18(25)17(24)15(10)22/h1-6,28H,7H2,(H,29,30). The molecular formula is C19H10F6IN3O2. The number of anilines is 2. The van der Waals surface area contributed by atoms with Gasteiger partial charge in [0.1, 0.15) is 12.4 Å². The van der Waals surface area contributed by atoms with Crippen LogP contribution in [0.15, 0.2) is 36.7 Å². The molecule has 3 rings (SSSR count). The lowest BCUT2D eigenvalue weighted by Crippen LogP contribution is -2.25. The van der Waals surface area contributed by atoms with Crippen molar-refractivity contribution in [2.75, 3.05) is 5.32 Å².